The molecule has 4 nitrogen and oxygen atoms in total. The lowest BCUT2D eigenvalue weighted by Crippen LogP contribution is -2.48. The SMILES string of the molecule is Cc1ccc(C#CCN)c(C(=O)N2CC(C)OC(C)C2)c1. The molecule has 1 fully saturated rings. The molecule has 0 aromatic heterocycles. The highest BCUT2D eigenvalue weighted by atomic mass is 16.5. The zero-order valence-corrected chi connectivity index (χ0v) is 12.8. The first kappa shape index (κ1) is 15.6. The molecule has 2 rings (SSSR count). The molecule has 112 valence electrons. The van der Waals surface area contributed by atoms with E-state index in [1.165, 1.54) is 0 Å². The summed E-state index contributed by atoms with van der Waals surface area (Å²) in [5.74, 6) is 5.83. The van der Waals surface area contributed by atoms with Crippen molar-refractivity contribution in [3.05, 3.63) is 34.9 Å². The molecule has 0 saturated carbocycles. The molecule has 1 amide bonds. The minimum Gasteiger partial charge on any atom is -0.372 e. The van der Waals surface area contributed by atoms with Crippen LogP contribution in [-0.4, -0.2) is 42.6 Å². The lowest BCUT2D eigenvalue weighted by atomic mass is 10.0. The Morgan fingerprint density at radius 3 is 2.67 bits per heavy atom. The van der Waals surface area contributed by atoms with E-state index in [2.05, 4.69) is 11.8 Å². The minimum atomic E-state index is 0.0158. The topological polar surface area (TPSA) is 55.6 Å². The number of morpholine rings is 1. The van der Waals surface area contributed by atoms with E-state index in [9.17, 15) is 4.79 Å². The normalized spacial score (nSPS) is 21.6. The maximum absolute atomic E-state index is 12.8. The molecule has 1 saturated heterocycles. The molecule has 0 bridgehead atoms. The zero-order valence-electron chi connectivity index (χ0n) is 12.8. The van der Waals surface area contributed by atoms with Gasteiger partial charge in [-0.05, 0) is 32.9 Å². The fraction of sp³-hybridized carbons (Fsp3) is 0.471. The Morgan fingerprint density at radius 2 is 2.05 bits per heavy atom. The van der Waals surface area contributed by atoms with E-state index < -0.39 is 0 Å². The van der Waals surface area contributed by atoms with Gasteiger partial charge in [0.05, 0.1) is 24.3 Å². The highest BCUT2D eigenvalue weighted by molar-refractivity contribution is 5.97. The van der Waals surface area contributed by atoms with Crippen LogP contribution in [0, 0.1) is 18.8 Å². The first-order valence-electron chi connectivity index (χ1n) is 7.25. The monoisotopic (exact) mass is 286 g/mol. The number of hydrogen-bond donors (Lipinski definition) is 1. The molecule has 0 spiro atoms. The van der Waals surface area contributed by atoms with Crippen molar-refractivity contribution in [1.29, 1.82) is 0 Å². The van der Waals surface area contributed by atoms with Gasteiger partial charge in [0.25, 0.3) is 5.91 Å². The van der Waals surface area contributed by atoms with Crippen LogP contribution >= 0.6 is 0 Å². The number of nitrogens with zero attached hydrogens (tertiary/aromatic N) is 1. The number of hydrogen-bond acceptors (Lipinski definition) is 3. The van der Waals surface area contributed by atoms with Crippen molar-refractivity contribution in [2.24, 2.45) is 5.73 Å². The summed E-state index contributed by atoms with van der Waals surface area (Å²) in [6.07, 6.45) is 0.113. The third-order valence-electron chi connectivity index (χ3n) is 3.44. The standard InChI is InChI=1S/C17H22N2O2/c1-12-6-7-15(5-4-8-18)16(9-12)17(20)19-10-13(2)21-14(3)11-19/h6-7,9,13-14H,8,10-11,18H2,1-3H3. The highest BCUT2D eigenvalue weighted by Gasteiger charge is 2.27. The fourth-order valence-corrected chi connectivity index (χ4v) is 2.60. The van der Waals surface area contributed by atoms with Crippen LogP contribution in [-0.2, 0) is 4.74 Å². The summed E-state index contributed by atoms with van der Waals surface area (Å²) in [4.78, 5) is 14.6. The summed E-state index contributed by atoms with van der Waals surface area (Å²) in [6.45, 7) is 7.46. The van der Waals surface area contributed by atoms with Gasteiger partial charge in [-0.3, -0.25) is 4.79 Å². The van der Waals surface area contributed by atoms with Crippen LogP contribution in [0.15, 0.2) is 18.2 Å². The lowest BCUT2D eigenvalue weighted by molar-refractivity contribution is -0.0586. The van der Waals surface area contributed by atoms with Gasteiger partial charge in [-0.2, -0.15) is 0 Å². The van der Waals surface area contributed by atoms with Crippen molar-refractivity contribution in [3.63, 3.8) is 0 Å². The van der Waals surface area contributed by atoms with E-state index >= 15 is 0 Å². The van der Waals surface area contributed by atoms with Gasteiger partial charge in [0.1, 0.15) is 0 Å². The van der Waals surface area contributed by atoms with Crippen LogP contribution in [0.25, 0.3) is 0 Å². The maximum atomic E-state index is 12.8. The van der Waals surface area contributed by atoms with Crippen LogP contribution < -0.4 is 5.73 Å². The third-order valence-corrected chi connectivity index (χ3v) is 3.44. The molecule has 1 aliphatic rings. The number of ether oxygens (including phenoxy) is 1. The maximum Gasteiger partial charge on any atom is 0.255 e. The average molecular weight is 286 g/mol. The Bertz CT molecular complexity index is 576. The molecule has 21 heavy (non-hydrogen) atoms. The van der Waals surface area contributed by atoms with Crippen molar-refractivity contribution in [1.82, 2.24) is 4.90 Å². The van der Waals surface area contributed by atoms with Gasteiger partial charge in [0.2, 0.25) is 0 Å². The molecular weight excluding hydrogens is 264 g/mol. The molecule has 0 radical (unpaired) electrons. The van der Waals surface area contributed by atoms with Gasteiger partial charge in [0.15, 0.2) is 0 Å². The molecule has 2 N–H and O–H groups in total. The summed E-state index contributed by atoms with van der Waals surface area (Å²) in [7, 11) is 0. The fourth-order valence-electron chi connectivity index (χ4n) is 2.60. The van der Waals surface area contributed by atoms with Crippen molar-refractivity contribution in [3.8, 4) is 11.8 Å². The first-order valence-corrected chi connectivity index (χ1v) is 7.25. The van der Waals surface area contributed by atoms with Crippen molar-refractivity contribution >= 4 is 5.91 Å². The third kappa shape index (κ3) is 3.84. The van der Waals surface area contributed by atoms with Gasteiger partial charge < -0.3 is 15.4 Å². The Hall–Kier alpha value is -1.83. The zero-order chi connectivity index (χ0) is 15.4. The first-order chi connectivity index (χ1) is 10.0. The van der Waals surface area contributed by atoms with Gasteiger partial charge in [-0.1, -0.05) is 23.5 Å². The summed E-state index contributed by atoms with van der Waals surface area (Å²) >= 11 is 0. The van der Waals surface area contributed by atoms with E-state index in [4.69, 9.17) is 10.5 Å². The number of carbonyl (C=O) groups excluding carboxylic acids is 1. The second kappa shape index (κ2) is 6.75. The minimum absolute atomic E-state index is 0.0158. The van der Waals surface area contributed by atoms with Crippen molar-refractivity contribution < 1.29 is 9.53 Å². The second-order valence-corrected chi connectivity index (χ2v) is 5.52. The Kier molecular flexibility index (Phi) is 5.00. The summed E-state index contributed by atoms with van der Waals surface area (Å²) in [5.41, 5.74) is 7.86. The van der Waals surface area contributed by atoms with Gasteiger partial charge >= 0.3 is 0 Å². The van der Waals surface area contributed by atoms with Crippen LogP contribution in [0.2, 0.25) is 0 Å². The second-order valence-electron chi connectivity index (χ2n) is 5.52. The number of amides is 1. The number of rotatable bonds is 1. The van der Waals surface area contributed by atoms with E-state index in [0.29, 0.717) is 18.7 Å². The Labute approximate surface area is 126 Å². The largest absolute Gasteiger partial charge is 0.372 e. The van der Waals surface area contributed by atoms with Crippen LogP contribution in [0.4, 0.5) is 0 Å². The van der Waals surface area contributed by atoms with Crippen LogP contribution in [0.3, 0.4) is 0 Å². The van der Waals surface area contributed by atoms with E-state index in [-0.39, 0.29) is 24.7 Å². The van der Waals surface area contributed by atoms with E-state index in [1.807, 2.05) is 43.9 Å². The molecular formula is C17H22N2O2. The van der Waals surface area contributed by atoms with Gasteiger partial charge in [-0.25, -0.2) is 0 Å². The number of nitrogens with two attached hydrogens (primary N) is 1. The van der Waals surface area contributed by atoms with Gasteiger partial charge in [0, 0.05) is 18.7 Å². The molecule has 1 heterocycles. The predicted octanol–water partition coefficient (Wildman–Crippen LogP) is 1.55. The van der Waals surface area contributed by atoms with E-state index in [0.717, 1.165) is 11.1 Å². The molecule has 2 unspecified atom stereocenters. The highest BCUT2D eigenvalue weighted by Crippen LogP contribution is 2.18. The molecule has 2 atom stereocenters. The van der Waals surface area contributed by atoms with Gasteiger partial charge in [-0.15, -0.1) is 0 Å². The number of carbonyl (C=O) groups is 1. The Morgan fingerprint density at radius 1 is 1.38 bits per heavy atom. The smallest absolute Gasteiger partial charge is 0.255 e. The number of benzene rings is 1. The molecule has 4 heteroatoms. The molecule has 1 aromatic carbocycles. The summed E-state index contributed by atoms with van der Waals surface area (Å²) in [5, 5.41) is 0. The predicted molar refractivity (Wildman–Crippen MR) is 83.0 cm³/mol. The summed E-state index contributed by atoms with van der Waals surface area (Å²) < 4.78 is 5.68. The average Bonchev–Trinajstić information content (AvgIpc) is 2.44. The molecule has 1 aliphatic heterocycles. The lowest BCUT2D eigenvalue weighted by Gasteiger charge is -2.35. The van der Waals surface area contributed by atoms with Crippen molar-refractivity contribution in [2.75, 3.05) is 19.6 Å². The van der Waals surface area contributed by atoms with E-state index in [1.54, 1.807) is 0 Å². The molecule has 1 aromatic rings. The molecule has 0 aliphatic carbocycles. The van der Waals surface area contributed by atoms with Crippen molar-refractivity contribution in [2.45, 2.75) is 33.0 Å². The summed E-state index contributed by atoms with van der Waals surface area (Å²) in [6, 6.07) is 5.74. The quantitative estimate of drug-likeness (QED) is 0.797. The van der Waals surface area contributed by atoms with Crippen LogP contribution in [0.5, 0.6) is 0 Å². The number of aryl methyl sites for hydroxylation is 1. The Balaban J connectivity index is 2.31. The van der Waals surface area contributed by atoms with Crippen LogP contribution in [0.1, 0.15) is 35.3 Å².